The Morgan fingerprint density at radius 2 is 0.986 bits per heavy atom. The first-order chi connectivity index (χ1) is 34.6. The molecule has 0 radical (unpaired) electrons. The predicted octanol–water partition coefficient (Wildman–Crippen LogP) is 15.7. The third kappa shape index (κ3) is 5.10. The fourth-order valence-corrected chi connectivity index (χ4v) is 14.0. The number of hydrogen-bond acceptors (Lipinski definition) is 1. The van der Waals surface area contributed by atoms with E-state index >= 15 is 0 Å². The Hall–Kier alpha value is -7.56. The highest BCUT2D eigenvalue weighted by atomic mass is 15.1. The summed E-state index contributed by atoms with van der Waals surface area (Å²) >= 11 is 0. The van der Waals surface area contributed by atoms with Crippen LogP contribution >= 0.6 is 0 Å². The molecule has 0 atom stereocenters. The fraction of sp³-hybridized carbons (Fsp3) is 0.194. The Bertz CT molecular complexity index is 4030. The molecule has 0 unspecified atom stereocenters. The molecule has 9 aromatic carbocycles. The van der Waals surface area contributed by atoms with Crippen molar-refractivity contribution >= 4 is 83.8 Å². The first-order valence-electron chi connectivity index (χ1n) is 26.2. The number of fused-ring (bicyclic) bond motifs is 14. The highest BCUT2D eigenvalue weighted by molar-refractivity contribution is 7.00. The van der Waals surface area contributed by atoms with Crippen LogP contribution < -0.4 is 21.3 Å². The molecule has 0 N–H and O–H groups in total. The van der Waals surface area contributed by atoms with Crippen LogP contribution in [0.2, 0.25) is 0 Å². The summed E-state index contributed by atoms with van der Waals surface area (Å²) in [5.74, 6) is 1.47. The van der Waals surface area contributed by atoms with Crippen LogP contribution in [0.25, 0.3) is 66.1 Å². The molecule has 3 aliphatic heterocycles. The average Bonchev–Trinajstić information content (AvgIpc) is 4.05. The van der Waals surface area contributed by atoms with Gasteiger partial charge in [0.05, 0.1) is 27.7 Å². The lowest BCUT2D eigenvalue weighted by Crippen LogP contribution is -2.60. The van der Waals surface area contributed by atoms with Crippen molar-refractivity contribution in [1.29, 1.82) is 0 Å². The molecule has 4 aliphatic rings. The number of rotatable bonds is 7. The van der Waals surface area contributed by atoms with Gasteiger partial charge in [-0.15, -0.1) is 0 Å². The summed E-state index contributed by atoms with van der Waals surface area (Å²) in [6.45, 7) is 19.0. The largest absolute Gasteiger partial charge is 0.310 e. The lowest BCUT2D eigenvalue weighted by atomic mass is 9.33. The SMILES string of the molecule is CC(C)c1ccc2c(c1)C1(c3cc(C(C)C)ccc3-2)c2ccc3c4c2-n2c5c(cc(C(C)C)cc5c5cc(C(C)C)cc1c52)B4c1ccc(N(c2ccccc2)c2ccccc2)c2c4ccccc4n-3c12. The fourth-order valence-electron chi connectivity index (χ4n) is 14.0. The maximum atomic E-state index is 2.78. The molecule has 0 amide bonds. The van der Waals surface area contributed by atoms with Crippen LogP contribution in [-0.4, -0.2) is 15.8 Å². The van der Waals surface area contributed by atoms with Gasteiger partial charge in [-0.2, -0.15) is 0 Å². The van der Waals surface area contributed by atoms with E-state index in [4.69, 9.17) is 0 Å². The molecule has 0 bridgehead atoms. The monoisotopic (exact) mass is 913 g/mol. The standard InChI is InChI=1S/C67H56BN3/c1-37(2)41-23-25-47-48-26-24-42(38(3)4)34-54(48)67(53(47)33-41)52-27-29-60-62-65(52)71-63-50(31-43(39(5)6)35-55(63)67)51-32-44(40(7)8)36-57(64(51)71)68(62)56-28-30-59(61-49-21-15-16-22-58(49)70(60)66(56)61)69(45-17-11-9-12-18-45)46-19-13-10-14-20-46/h9-40H,1-8H3. The highest BCUT2D eigenvalue weighted by Gasteiger charge is 2.55. The highest BCUT2D eigenvalue weighted by Crippen LogP contribution is 2.63. The smallest absolute Gasteiger partial charge is 0.252 e. The van der Waals surface area contributed by atoms with Crippen molar-refractivity contribution in [2.75, 3.05) is 4.90 Å². The number of aromatic nitrogens is 2. The van der Waals surface area contributed by atoms with E-state index in [9.17, 15) is 0 Å². The Labute approximate surface area is 417 Å². The van der Waals surface area contributed by atoms with Crippen LogP contribution in [0.15, 0.2) is 170 Å². The van der Waals surface area contributed by atoms with Gasteiger partial charge >= 0.3 is 0 Å². The molecule has 0 saturated heterocycles. The van der Waals surface area contributed by atoms with Gasteiger partial charge in [0.2, 0.25) is 0 Å². The molecule has 1 aliphatic carbocycles. The number of benzene rings is 9. The van der Waals surface area contributed by atoms with Gasteiger partial charge in [-0.25, -0.2) is 0 Å². The van der Waals surface area contributed by atoms with Gasteiger partial charge in [0.25, 0.3) is 6.71 Å². The summed E-state index contributed by atoms with van der Waals surface area (Å²) in [4.78, 5) is 2.47. The molecule has 11 aromatic rings. The van der Waals surface area contributed by atoms with Gasteiger partial charge < -0.3 is 14.0 Å². The Morgan fingerprint density at radius 3 is 1.61 bits per heavy atom. The van der Waals surface area contributed by atoms with E-state index in [2.05, 4.69) is 239 Å². The molecular formula is C67H56BN3. The zero-order chi connectivity index (χ0) is 47.9. The van der Waals surface area contributed by atoms with Crippen molar-refractivity contribution < 1.29 is 0 Å². The quantitative estimate of drug-likeness (QED) is 0.145. The van der Waals surface area contributed by atoms with Crippen molar-refractivity contribution in [2.24, 2.45) is 0 Å². The third-order valence-corrected chi connectivity index (χ3v) is 17.4. The average molecular weight is 914 g/mol. The maximum Gasteiger partial charge on any atom is 0.252 e. The Kier molecular flexibility index (Phi) is 8.30. The second kappa shape index (κ2) is 14.3. The summed E-state index contributed by atoms with van der Waals surface area (Å²) in [6, 6.07) is 66.5. The van der Waals surface area contributed by atoms with E-state index in [1.807, 2.05) is 0 Å². The van der Waals surface area contributed by atoms with Crippen molar-refractivity contribution in [2.45, 2.75) is 84.5 Å². The molecule has 71 heavy (non-hydrogen) atoms. The van der Waals surface area contributed by atoms with E-state index in [-0.39, 0.29) is 6.71 Å². The van der Waals surface area contributed by atoms with E-state index < -0.39 is 5.41 Å². The minimum Gasteiger partial charge on any atom is -0.310 e. The molecule has 4 heteroatoms. The third-order valence-electron chi connectivity index (χ3n) is 17.4. The molecule has 1 spiro atoms. The molecule has 15 rings (SSSR count). The van der Waals surface area contributed by atoms with Crippen LogP contribution in [0.5, 0.6) is 0 Å². The van der Waals surface area contributed by atoms with Crippen molar-refractivity contribution in [3.05, 3.63) is 214 Å². The first kappa shape index (κ1) is 41.2. The van der Waals surface area contributed by atoms with Crippen molar-refractivity contribution in [3.63, 3.8) is 0 Å². The minimum atomic E-state index is -0.550. The van der Waals surface area contributed by atoms with Crippen LogP contribution in [0.4, 0.5) is 17.1 Å². The zero-order valence-electron chi connectivity index (χ0n) is 41.9. The first-order valence-corrected chi connectivity index (χ1v) is 26.2. The van der Waals surface area contributed by atoms with Crippen molar-refractivity contribution in [1.82, 2.24) is 9.13 Å². The van der Waals surface area contributed by atoms with E-state index in [1.165, 1.54) is 133 Å². The second-order valence-corrected chi connectivity index (χ2v) is 22.4. The number of anilines is 3. The minimum absolute atomic E-state index is 0.000680. The number of nitrogens with zero attached hydrogens (tertiary/aromatic N) is 3. The topological polar surface area (TPSA) is 13.1 Å². The van der Waals surface area contributed by atoms with Crippen LogP contribution in [0.1, 0.15) is 124 Å². The number of hydrogen-bond donors (Lipinski definition) is 0. The van der Waals surface area contributed by atoms with E-state index in [0.29, 0.717) is 23.7 Å². The Morgan fingerprint density at radius 1 is 0.423 bits per heavy atom. The number of para-hydroxylation sites is 3. The van der Waals surface area contributed by atoms with E-state index in [1.54, 1.807) is 0 Å². The predicted molar refractivity (Wildman–Crippen MR) is 302 cm³/mol. The van der Waals surface area contributed by atoms with Crippen LogP contribution in [0.3, 0.4) is 0 Å². The molecule has 342 valence electrons. The maximum absolute atomic E-state index is 2.78. The molecular weight excluding hydrogens is 858 g/mol. The Balaban J connectivity index is 1.16. The summed E-state index contributed by atoms with van der Waals surface area (Å²) in [5.41, 5.74) is 29.1. The van der Waals surface area contributed by atoms with Crippen LogP contribution in [0, 0.1) is 0 Å². The van der Waals surface area contributed by atoms with Crippen molar-refractivity contribution in [3.8, 4) is 22.5 Å². The molecule has 0 saturated carbocycles. The van der Waals surface area contributed by atoms with Crippen LogP contribution in [-0.2, 0) is 5.41 Å². The van der Waals surface area contributed by atoms with Gasteiger partial charge in [0.15, 0.2) is 0 Å². The molecule has 5 heterocycles. The molecule has 3 nitrogen and oxygen atoms in total. The molecule has 2 aromatic heterocycles. The summed E-state index contributed by atoms with van der Waals surface area (Å²) in [5, 5.41) is 5.32. The summed E-state index contributed by atoms with van der Waals surface area (Å²) < 4.78 is 5.44. The summed E-state index contributed by atoms with van der Waals surface area (Å²) in [7, 11) is 0. The second-order valence-electron chi connectivity index (χ2n) is 22.4. The van der Waals surface area contributed by atoms with Gasteiger partial charge in [-0.1, -0.05) is 171 Å². The molecule has 0 fully saturated rings. The lowest BCUT2D eigenvalue weighted by Gasteiger charge is -2.44. The van der Waals surface area contributed by atoms with Gasteiger partial charge in [-0.3, -0.25) is 0 Å². The van der Waals surface area contributed by atoms with E-state index in [0.717, 1.165) is 11.4 Å². The van der Waals surface area contributed by atoms with Gasteiger partial charge in [0, 0.05) is 49.8 Å². The normalized spacial score (nSPS) is 14.2. The lowest BCUT2D eigenvalue weighted by molar-refractivity contribution is 0.735. The van der Waals surface area contributed by atoms with Gasteiger partial charge in [0.1, 0.15) is 0 Å². The summed E-state index contributed by atoms with van der Waals surface area (Å²) in [6.07, 6.45) is 0. The zero-order valence-corrected chi connectivity index (χ0v) is 41.9. The van der Waals surface area contributed by atoms with Gasteiger partial charge in [-0.05, 0) is 150 Å².